The second-order valence-electron chi connectivity index (χ2n) is 9.32. The van der Waals surface area contributed by atoms with Crippen molar-refractivity contribution in [3.8, 4) is 5.69 Å². The summed E-state index contributed by atoms with van der Waals surface area (Å²) in [6.45, 7) is 10.8. The van der Waals surface area contributed by atoms with Gasteiger partial charge in [-0.25, -0.2) is 0 Å². The van der Waals surface area contributed by atoms with E-state index in [9.17, 15) is 0 Å². The first kappa shape index (κ1) is 25.5. The van der Waals surface area contributed by atoms with Crippen LogP contribution in [0.25, 0.3) is 5.69 Å². The van der Waals surface area contributed by atoms with Crippen molar-refractivity contribution in [3.63, 3.8) is 0 Å². The summed E-state index contributed by atoms with van der Waals surface area (Å²) in [4.78, 5) is 9.30. The van der Waals surface area contributed by atoms with Gasteiger partial charge < -0.3 is 19.7 Å². The first-order valence-electron chi connectivity index (χ1n) is 12.7. The van der Waals surface area contributed by atoms with Gasteiger partial charge in [0.2, 0.25) is 0 Å². The number of aryl methyl sites for hydroxylation is 1. The molecule has 37 heavy (non-hydrogen) atoms. The van der Waals surface area contributed by atoms with E-state index < -0.39 is 0 Å². The van der Waals surface area contributed by atoms with Crippen LogP contribution in [0.15, 0.2) is 83.5 Å². The Labute approximate surface area is 233 Å². The smallest absolute Gasteiger partial charge is 0.174 e. The summed E-state index contributed by atoms with van der Waals surface area (Å²) in [6, 6.07) is 25.5. The van der Waals surface area contributed by atoms with Crippen molar-refractivity contribution in [2.75, 3.05) is 22.9 Å². The van der Waals surface area contributed by atoms with Gasteiger partial charge in [-0.1, -0.05) is 22.0 Å². The highest BCUT2D eigenvalue weighted by atomic mass is 79.9. The summed E-state index contributed by atoms with van der Waals surface area (Å²) in [5.41, 5.74) is 8.06. The van der Waals surface area contributed by atoms with Crippen LogP contribution in [0, 0.1) is 13.8 Å². The molecule has 0 aliphatic carbocycles. The van der Waals surface area contributed by atoms with Crippen molar-refractivity contribution < 1.29 is 0 Å². The number of aromatic nitrogens is 2. The third-order valence-corrected chi connectivity index (χ3v) is 8.07. The van der Waals surface area contributed by atoms with Gasteiger partial charge in [0.05, 0.1) is 17.8 Å². The van der Waals surface area contributed by atoms with Crippen LogP contribution in [0.2, 0.25) is 0 Å². The molecular weight excluding hydrogens is 542 g/mol. The molecule has 1 N–H and O–H groups in total. The van der Waals surface area contributed by atoms with Gasteiger partial charge in [0.25, 0.3) is 0 Å². The maximum absolute atomic E-state index is 5.91. The van der Waals surface area contributed by atoms with E-state index in [1.807, 2.05) is 18.3 Å². The zero-order valence-electron chi connectivity index (χ0n) is 21.6. The van der Waals surface area contributed by atoms with Gasteiger partial charge >= 0.3 is 0 Å². The largest absolute Gasteiger partial charge is 0.372 e. The molecule has 2 aromatic heterocycles. The second-order valence-corrected chi connectivity index (χ2v) is 10.6. The van der Waals surface area contributed by atoms with Crippen LogP contribution in [-0.2, 0) is 0 Å². The van der Waals surface area contributed by atoms with Crippen LogP contribution >= 0.6 is 28.1 Å². The van der Waals surface area contributed by atoms with Crippen LogP contribution in [0.5, 0.6) is 0 Å². The van der Waals surface area contributed by atoms with Gasteiger partial charge in [-0.3, -0.25) is 4.98 Å². The standard InChI is InChI=1S/C30H32BrN5S/c1-5-34(6-2)23-14-16-24(17-15-23)35-20(3)19-26(21(35)4)29-28(27-9-7-8-18-32-27)33-30(37)36(29)25-12-10-22(31)11-13-25/h7-19,28-29H,5-6H2,1-4H3,(H,33,37). The van der Waals surface area contributed by atoms with Crippen molar-refractivity contribution >= 4 is 44.6 Å². The Kier molecular flexibility index (Phi) is 7.36. The topological polar surface area (TPSA) is 36.3 Å². The molecule has 1 fully saturated rings. The Hall–Kier alpha value is -3.16. The third-order valence-electron chi connectivity index (χ3n) is 7.23. The van der Waals surface area contributed by atoms with Crippen molar-refractivity contribution in [2.45, 2.75) is 39.8 Å². The maximum Gasteiger partial charge on any atom is 0.174 e. The monoisotopic (exact) mass is 573 g/mol. The van der Waals surface area contributed by atoms with E-state index in [0.29, 0.717) is 5.11 Å². The average Bonchev–Trinajstić information content (AvgIpc) is 3.41. The molecule has 2 aromatic carbocycles. The number of halogens is 1. The number of hydrogen-bond acceptors (Lipinski definition) is 3. The number of thiocarbonyl (C=S) groups is 1. The van der Waals surface area contributed by atoms with Crippen molar-refractivity contribution in [3.05, 3.63) is 106 Å². The lowest BCUT2D eigenvalue weighted by Crippen LogP contribution is -2.29. The van der Waals surface area contributed by atoms with Gasteiger partial charge in [-0.05, 0) is 112 Å². The second kappa shape index (κ2) is 10.7. The van der Waals surface area contributed by atoms with E-state index >= 15 is 0 Å². The summed E-state index contributed by atoms with van der Waals surface area (Å²) < 4.78 is 3.39. The van der Waals surface area contributed by atoms with E-state index in [1.54, 1.807) is 0 Å². The normalized spacial score (nSPS) is 17.2. The van der Waals surface area contributed by atoms with Gasteiger partial charge in [0, 0.05) is 52.2 Å². The zero-order chi connectivity index (χ0) is 26.1. The predicted molar refractivity (Wildman–Crippen MR) is 161 cm³/mol. The number of rotatable bonds is 7. The van der Waals surface area contributed by atoms with E-state index in [-0.39, 0.29) is 12.1 Å². The minimum Gasteiger partial charge on any atom is -0.372 e. The minimum atomic E-state index is -0.0728. The first-order valence-corrected chi connectivity index (χ1v) is 13.9. The molecule has 0 radical (unpaired) electrons. The summed E-state index contributed by atoms with van der Waals surface area (Å²) in [6.07, 6.45) is 1.85. The molecule has 1 aliphatic rings. The molecule has 0 amide bonds. The Morgan fingerprint density at radius 1 is 0.946 bits per heavy atom. The molecule has 0 saturated carbocycles. The van der Waals surface area contributed by atoms with Crippen molar-refractivity contribution in [1.29, 1.82) is 0 Å². The first-order chi connectivity index (χ1) is 17.9. The summed E-state index contributed by atoms with van der Waals surface area (Å²) in [5, 5.41) is 4.28. The highest BCUT2D eigenvalue weighted by Gasteiger charge is 2.42. The molecule has 7 heteroatoms. The molecule has 2 unspecified atom stereocenters. The molecule has 5 rings (SSSR count). The minimum absolute atomic E-state index is 0.0431. The van der Waals surface area contributed by atoms with Crippen molar-refractivity contribution in [1.82, 2.24) is 14.9 Å². The molecule has 1 saturated heterocycles. The lowest BCUT2D eigenvalue weighted by Gasteiger charge is -2.28. The molecule has 1 aliphatic heterocycles. The Morgan fingerprint density at radius 3 is 2.24 bits per heavy atom. The van der Waals surface area contributed by atoms with E-state index in [2.05, 4.69) is 124 Å². The van der Waals surface area contributed by atoms with Crippen LogP contribution in [0.1, 0.15) is 48.6 Å². The number of benzene rings is 2. The molecule has 0 spiro atoms. The van der Waals surface area contributed by atoms with Crippen LogP contribution in [-0.4, -0.2) is 27.8 Å². The van der Waals surface area contributed by atoms with Gasteiger partial charge in [0.15, 0.2) is 5.11 Å². The average molecular weight is 575 g/mol. The van der Waals surface area contributed by atoms with E-state index in [4.69, 9.17) is 17.2 Å². The molecule has 5 nitrogen and oxygen atoms in total. The fourth-order valence-electron chi connectivity index (χ4n) is 5.44. The van der Waals surface area contributed by atoms with Crippen LogP contribution in [0.3, 0.4) is 0 Å². The van der Waals surface area contributed by atoms with Crippen LogP contribution in [0.4, 0.5) is 11.4 Å². The number of nitrogens with one attached hydrogen (secondary N) is 1. The lowest BCUT2D eigenvalue weighted by atomic mass is 9.96. The molecule has 2 atom stereocenters. The van der Waals surface area contributed by atoms with E-state index in [1.165, 1.54) is 22.6 Å². The van der Waals surface area contributed by atoms with Gasteiger partial charge in [0.1, 0.15) is 0 Å². The highest BCUT2D eigenvalue weighted by Crippen LogP contribution is 2.44. The van der Waals surface area contributed by atoms with Gasteiger partial charge in [-0.2, -0.15) is 0 Å². The Bertz CT molecular complexity index is 1380. The molecule has 0 bridgehead atoms. The Morgan fingerprint density at radius 2 is 1.62 bits per heavy atom. The molecule has 3 heterocycles. The third kappa shape index (κ3) is 4.78. The van der Waals surface area contributed by atoms with Crippen LogP contribution < -0.4 is 15.1 Å². The SMILES string of the molecule is CCN(CC)c1ccc(-n2c(C)cc(C3C(c4ccccn4)NC(=S)N3c3ccc(Br)cc3)c2C)cc1. The summed E-state index contributed by atoms with van der Waals surface area (Å²) >= 11 is 9.48. The highest BCUT2D eigenvalue weighted by molar-refractivity contribution is 9.10. The summed E-state index contributed by atoms with van der Waals surface area (Å²) in [5.74, 6) is 0. The number of nitrogens with zero attached hydrogens (tertiary/aromatic N) is 4. The zero-order valence-corrected chi connectivity index (χ0v) is 24.1. The number of anilines is 2. The quantitative estimate of drug-likeness (QED) is 0.235. The number of hydrogen-bond donors (Lipinski definition) is 1. The maximum atomic E-state index is 5.91. The fraction of sp³-hybridized carbons (Fsp3) is 0.267. The predicted octanol–water partition coefficient (Wildman–Crippen LogP) is 7.27. The van der Waals surface area contributed by atoms with E-state index in [0.717, 1.165) is 34.6 Å². The molecule has 190 valence electrons. The molecule has 4 aromatic rings. The number of pyridine rings is 1. The van der Waals surface area contributed by atoms with Gasteiger partial charge in [-0.15, -0.1) is 0 Å². The lowest BCUT2D eigenvalue weighted by molar-refractivity contribution is 0.565. The Balaban J connectivity index is 1.61. The summed E-state index contributed by atoms with van der Waals surface area (Å²) in [7, 11) is 0. The fourth-order valence-corrected chi connectivity index (χ4v) is 6.05. The molecular formula is C30H32BrN5S. The van der Waals surface area contributed by atoms with Crippen molar-refractivity contribution in [2.24, 2.45) is 0 Å².